The molecule has 3 aliphatic carbocycles. The van der Waals surface area contributed by atoms with E-state index in [4.69, 9.17) is 4.74 Å². The predicted octanol–water partition coefficient (Wildman–Crippen LogP) is 3.50. The van der Waals surface area contributed by atoms with Gasteiger partial charge in [0.2, 0.25) is 11.8 Å². The highest BCUT2D eigenvalue weighted by Crippen LogP contribution is 2.69. The fourth-order valence-electron chi connectivity index (χ4n) is 4.94. The van der Waals surface area contributed by atoms with E-state index in [2.05, 4.69) is 15.3 Å². The number of hydrogen-bond donors (Lipinski definition) is 1. The van der Waals surface area contributed by atoms with Gasteiger partial charge in [-0.1, -0.05) is 0 Å². The molecule has 0 aromatic carbocycles. The monoisotopic (exact) mass is 321 g/mol. The second kappa shape index (κ2) is 5.30. The summed E-state index contributed by atoms with van der Waals surface area (Å²) < 4.78 is 5.61. The van der Waals surface area contributed by atoms with Gasteiger partial charge in [0, 0.05) is 18.2 Å². The van der Waals surface area contributed by atoms with E-state index in [-0.39, 0.29) is 11.8 Å². The number of nitrogens with zero attached hydrogens (tertiary/aromatic N) is 2. The van der Waals surface area contributed by atoms with E-state index >= 15 is 0 Å². The minimum absolute atomic E-state index is 0.171. The van der Waals surface area contributed by atoms with Gasteiger partial charge in [0.05, 0.1) is 18.1 Å². The van der Waals surface area contributed by atoms with E-state index in [1.165, 1.54) is 19.3 Å². The summed E-state index contributed by atoms with van der Waals surface area (Å²) in [6.07, 6.45) is 9.00. The third-order valence-electron chi connectivity index (χ3n) is 5.90. The summed E-state index contributed by atoms with van der Waals surface area (Å²) in [6, 6.07) is 7.23. The number of nitrogens with one attached hydrogen (secondary N) is 1. The summed E-state index contributed by atoms with van der Waals surface area (Å²) in [7, 11) is 0. The molecule has 24 heavy (non-hydrogen) atoms. The van der Waals surface area contributed by atoms with Crippen LogP contribution in [0.2, 0.25) is 0 Å². The lowest BCUT2D eigenvalue weighted by atomic mass is 10.0. The molecule has 122 valence electrons. The number of aromatic nitrogens is 2. The summed E-state index contributed by atoms with van der Waals surface area (Å²) in [4.78, 5) is 20.8. The number of fused-ring (bicyclic) bond motifs is 5. The molecular weight excluding hydrogens is 302 g/mol. The van der Waals surface area contributed by atoms with Crippen molar-refractivity contribution >= 4 is 11.6 Å². The molecule has 3 aliphatic rings. The van der Waals surface area contributed by atoms with Crippen LogP contribution in [0.15, 0.2) is 42.9 Å². The molecule has 1 amide bonds. The third kappa shape index (κ3) is 2.27. The lowest BCUT2D eigenvalue weighted by molar-refractivity contribution is -0.118. The Balaban J connectivity index is 1.22. The van der Waals surface area contributed by atoms with E-state index < -0.39 is 0 Å². The highest BCUT2D eigenvalue weighted by molar-refractivity contribution is 5.95. The molecule has 5 rings (SSSR count). The summed E-state index contributed by atoms with van der Waals surface area (Å²) in [6.45, 7) is 0. The molecule has 5 heteroatoms. The summed E-state index contributed by atoms with van der Waals surface area (Å²) >= 11 is 0. The number of anilines is 1. The van der Waals surface area contributed by atoms with Crippen LogP contribution in [0.5, 0.6) is 11.6 Å². The van der Waals surface area contributed by atoms with Gasteiger partial charge in [-0.3, -0.25) is 9.78 Å². The Labute approximate surface area is 140 Å². The van der Waals surface area contributed by atoms with Crippen molar-refractivity contribution in [1.82, 2.24) is 9.97 Å². The van der Waals surface area contributed by atoms with Crippen molar-refractivity contribution in [1.29, 1.82) is 0 Å². The maximum absolute atomic E-state index is 12.5. The molecule has 0 radical (unpaired) electrons. The van der Waals surface area contributed by atoms with Crippen LogP contribution in [-0.2, 0) is 4.79 Å². The molecule has 0 spiro atoms. The lowest BCUT2D eigenvalue weighted by Gasteiger charge is -2.10. The molecular formula is C19H19N3O2. The van der Waals surface area contributed by atoms with Gasteiger partial charge in [-0.2, -0.15) is 0 Å². The molecule has 3 saturated carbocycles. The average Bonchev–Trinajstić information content (AvgIpc) is 3.06. The molecule has 1 N–H and O–H groups in total. The number of ether oxygens (including phenoxy) is 1. The Hall–Kier alpha value is -2.43. The number of carbonyl (C=O) groups is 1. The molecule has 0 aliphatic heterocycles. The first-order valence-electron chi connectivity index (χ1n) is 8.64. The van der Waals surface area contributed by atoms with Crippen LogP contribution in [0.4, 0.5) is 5.69 Å². The molecule has 0 saturated heterocycles. The quantitative estimate of drug-likeness (QED) is 0.936. The summed E-state index contributed by atoms with van der Waals surface area (Å²) in [5, 5.41) is 3.02. The van der Waals surface area contributed by atoms with Crippen molar-refractivity contribution in [2.75, 3.05) is 5.32 Å². The van der Waals surface area contributed by atoms with Crippen LogP contribution in [0.3, 0.4) is 0 Å². The predicted molar refractivity (Wildman–Crippen MR) is 88.5 cm³/mol. The van der Waals surface area contributed by atoms with Gasteiger partial charge in [0.15, 0.2) is 0 Å². The maximum Gasteiger partial charge on any atom is 0.228 e. The van der Waals surface area contributed by atoms with Crippen molar-refractivity contribution in [3.8, 4) is 11.6 Å². The normalized spacial score (nSPS) is 32.2. The van der Waals surface area contributed by atoms with E-state index in [1.807, 2.05) is 18.2 Å². The van der Waals surface area contributed by atoms with Gasteiger partial charge in [-0.25, -0.2) is 4.98 Å². The summed E-state index contributed by atoms with van der Waals surface area (Å²) in [5.41, 5.74) is 0.732. The van der Waals surface area contributed by atoms with Crippen molar-refractivity contribution < 1.29 is 9.53 Å². The van der Waals surface area contributed by atoms with Gasteiger partial charge < -0.3 is 10.1 Å². The second-order valence-corrected chi connectivity index (χ2v) is 7.18. The van der Waals surface area contributed by atoms with Crippen molar-refractivity contribution in [2.24, 2.45) is 29.6 Å². The number of rotatable bonds is 4. The third-order valence-corrected chi connectivity index (χ3v) is 5.90. The zero-order valence-corrected chi connectivity index (χ0v) is 13.3. The first-order valence-corrected chi connectivity index (χ1v) is 8.64. The van der Waals surface area contributed by atoms with Gasteiger partial charge in [0.1, 0.15) is 5.75 Å². The molecule has 3 fully saturated rings. The van der Waals surface area contributed by atoms with E-state index in [0.29, 0.717) is 23.5 Å². The zero-order valence-electron chi connectivity index (χ0n) is 13.3. The average molecular weight is 321 g/mol. The summed E-state index contributed by atoms with van der Waals surface area (Å²) in [5.74, 6) is 4.47. The highest BCUT2D eigenvalue weighted by Gasteiger charge is 2.67. The van der Waals surface area contributed by atoms with Crippen LogP contribution >= 0.6 is 0 Å². The molecule has 4 unspecified atom stereocenters. The Morgan fingerprint density at radius 1 is 1.12 bits per heavy atom. The largest absolute Gasteiger partial charge is 0.437 e. The zero-order chi connectivity index (χ0) is 16.1. The lowest BCUT2D eigenvalue weighted by Crippen LogP contribution is -2.18. The molecule has 2 aromatic rings. The van der Waals surface area contributed by atoms with Gasteiger partial charge in [0.25, 0.3) is 0 Å². The first-order chi connectivity index (χ1) is 11.8. The molecule has 4 atom stereocenters. The standard InChI is InChI=1S/C19H19N3O2/c23-19(18-16-11-3-4-12(8-11)17(16)18)22-13-5-6-15(21-9-13)24-14-2-1-7-20-10-14/h1-2,5-7,9-12,16-18H,3-4,8H2,(H,22,23). The number of carbonyl (C=O) groups excluding carboxylic acids is 1. The van der Waals surface area contributed by atoms with E-state index in [9.17, 15) is 4.79 Å². The van der Waals surface area contributed by atoms with Crippen LogP contribution in [-0.4, -0.2) is 15.9 Å². The van der Waals surface area contributed by atoms with Crippen molar-refractivity contribution in [3.05, 3.63) is 42.9 Å². The highest BCUT2D eigenvalue weighted by atomic mass is 16.5. The van der Waals surface area contributed by atoms with E-state index in [0.717, 1.165) is 17.5 Å². The maximum atomic E-state index is 12.5. The van der Waals surface area contributed by atoms with Gasteiger partial charge in [-0.15, -0.1) is 0 Å². The Kier molecular flexibility index (Phi) is 3.08. The fraction of sp³-hybridized carbons (Fsp3) is 0.421. The molecule has 2 aromatic heterocycles. The second-order valence-electron chi connectivity index (χ2n) is 7.18. The SMILES string of the molecule is O=C(Nc1ccc(Oc2cccnc2)nc1)C1C2C3CCC(C3)C12. The van der Waals surface area contributed by atoms with Gasteiger partial charge in [-0.05, 0) is 61.1 Å². The van der Waals surface area contributed by atoms with Crippen LogP contribution in [0.1, 0.15) is 19.3 Å². The Morgan fingerprint density at radius 3 is 2.62 bits per heavy atom. The Morgan fingerprint density at radius 2 is 1.96 bits per heavy atom. The smallest absolute Gasteiger partial charge is 0.228 e. The minimum atomic E-state index is 0.171. The van der Waals surface area contributed by atoms with Crippen LogP contribution in [0, 0.1) is 29.6 Å². The van der Waals surface area contributed by atoms with Crippen molar-refractivity contribution in [3.63, 3.8) is 0 Å². The molecule has 5 nitrogen and oxygen atoms in total. The minimum Gasteiger partial charge on any atom is -0.437 e. The Bertz CT molecular complexity index is 746. The molecule has 2 heterocycles. The van der Waals surface area contributed by atoms with Crippen LogP contribution < -0.4 is 10.1 Å². The number of hydrogen-bond acceptors (Lipinski definition) is 4. The fourth-order valence-corrected chi connectivity index (χ4v) is 4.94. The first kappa shape index (κ1) is 14.0. The topological polar surface area (TPSA) is 64.1 Å². The van der Waals surface area contributed by atoms with E-state index in [1.54, 1.807) is 24.7 Å². The van der Waals surface area contributed by atoms with Gasteiger partial charge >= 0.3 is 0 Å². The number of pyridine rings is 2. The number of amides is 1. The van der Waals surface area contributed by atoms with Crippen molar-refractivity contribution in [2.45, 2.75) is 19.3 Å². The van der Waals surface area contributed by atoms with Crippen LogP contribution in [0.25, 0.3) is 0 Å². The molecule has 2 bridgehead atoms.